The molecule has 1 aromatic carbocycles. The van der Waals surface area contributed by atoms with Crippen LogP contribution in [-0.4, -0.2) is 30.2 Å². The lowest BCUT2D eigenvalue weighted by Crippen LogP contribution is -2.65. The second-order valence-electron chi connectivity index (χ2n) is 6.33. The molecule has 0 fully saturated rings. The highest BCUT2D eigenvalue weighted by molar-refractivity contribution is 6.37. The van der Waals surface area contributed by atoms with Crippen LogP contribution in [0.5, 0.6) is 0 Å². The van der Waals surface area contributed by atoms with Crippen molar-refractivity contribution in [1.29, 1.82) is 0 Å². The molecule has 3 aliphatic carbocycles. The number of carbonyl (C=O) groups excluding carboxylic acids is 4. The van der Waals surface area contributed by atoms with Crippen LogP contribution < -0.4 is 0 Å². The number of fused-ring (bicyclic) bond motifs is 1. The Labute approximate surface area is 138 Å². The van der Waals surface area contributed by atoms with Gasteiger partial charge < -0.3 is 4.74 Å². The molecule has 0 saturated carbocycles. The van der Waals surface area contributed by atoms with Crippen LogP contribution in [0.2, 0.25) is 0 Å². The topological polar surface area (TPSA) is 77.5 Å². The van der Waals surface area contributed by atoms with Crippen molar-refractivity contribution in [1.82, 2.24) is 0 Å². The number of methoxy groups -OCH3 is 1. The first-order valence-electron chi connectivity index (χ1n) is 7.67. The van der Waals surface area contributed by atoms with E-state index in [9.17, 15) is 19.2 Å². The largest absolute Gasteiger partial charge is 0.501 e. The van der Waals surface area contributed by atoms with E-state index in [4.69, 9.17) is 4.74 Å². The van der Waals surface area contributed by atoms with Gasteiger partial charge in [-0.2, -0.15) is 0 Å². The molecule has 24 heavy (non-hydrogen) atoms. The summed E-state index contributed by atoms with van der Waals surface area (Å²) in [6.45, 7) is 0. The normalized spacial score (nSPS) is 31.1. The lowest BCUT2D eigenvalue weighted by molar-refractivity contribution is -0.140. The van der Waals surface area contributed by atoms with Crippen LogP contribution in [0.15, 0.2) is 48.3 Å². The number of ether oxygens (including phenoxy) is 1. The van der Waals surface area contributed by atoms with Crippen molar-refractivity contribution in [2.75, 3.05) is 7.11 Å². The molecular weight excluding hydrogens is 308 g/mol. The van der Waals surface area contributed by atoms with Crippen molar-refractivity contribution in [2.24, 2.45) is 10.8 Å². The summed E-state index contributed by atoms with van der Waals surface area (Å²) < 4.78 is 5.25. The average molecular weight is 322 g/mol. The minimum Gasteiger partial charge on any atom is -0.501 e. The Hall–Kier alpha value is -2.82. The van der Waals surface area contributed by atoms with Crippen LogP contribution in [0, 0.1) is 10.8 Å². The van der Waals surface area contributed by atoms with E-state index in [1.165, 1.54) is 13.2 Å². The zero-order valence-corrected chi connectivity index (χ0v) is 13.0. The highest BCUT2D eigenvalue weighted by Crippen LogP contribution is 2.59. The molecule has 0 spiro atoms. The first-order valence-corrected chi connectivity index (χ1v) is 7.67. The van der Waals surface area contributed by atoms with Crippen LogP contribution >= 0.6 is 0 Å². The molecule has 0 aliphatic heterocycles. The van der Waals surface area contributed by atoms with Crippen molar-refractivity contribution in [3.63, 3.8) is 0 Å². The first-order chi connectivity index (χ1) is 11.5. The van der Waals surface area contributed by atoms with Gasteiger partial charge >= 0.3 is 0 Å². The molecule has 5 nitrogen and oxygen atoms in total. The van der Waals surface area contributed by atoms with Crippen molar-refractivity contribution < 1.29 is 23.9 Å². The van der Waals surface area contributed by atoms with Gasteiger partial charge in [0.05, 0.1) is 12.9 Å². The molecule has 4 rings (SSSR count). The fraction of sp³-hybridized carbons (Fsp3) is 0.263. The Balaban J connectivity index is 2.11. The van der Waals surface area contributed by atoms with Crippen LogP contribution in [0.25, 0.3) is 0 Å². The van der Waals surface area contributed by atoms with Crippen LogP contribution in [0.4, 0.5) is 0 Å². The predicted molar refractivity (Wildman–Crippen MR) is 83.4 cm³/mol. The van der Waals surface area contributed by atoms with E-state index in [0.717, 1.165) is 12.2 Å². The lowest BCUT2D eigenvalue weighted by Gasteiger charge is -2.51. The molecule has 0 amide bonds. The zero-order valence-electron chi connectivity index (χ0n) is 13.0. The fourth-order valence-electron chi connectivity index (χ4n) is 4.25. The van der Waals surface area contributed by atoms with E-state index < -0.39 is 34.0 Å². The number of carbonyl (C=O) groups is 4. The molecule has 0 radical (unpaired) electrons. The van der Waals surface area contributed by atoms with Crippen molar-refractivity contribution in [3.05, 3.63) is 59.4 Å². The predicted octanol–water partition coefficient (Wildman–Crippen LogP) is 2.07. The molecule has 0 aromatic heterocycles. The smallest absolute Gasteiger partial charge is 0.179 e. The average Bonchev–Trinajstić information content (AvgIpc) is 2.62. The summed E-state index contributed by atoms with van der Waals surface area (Å²) in [5.41, 5.74) is -3.01. The number of Topliss-reactive ketones (excluding diaryl/α,β-unsaturated/α-hetero) is 2. The van der Waals surface area contributed by atoms with Gasteiger partial charge in [0, 0.05) is 17.5 Å². The summed E-state index contributed by atoms with van der Waals surface area (Å²) in [7, 11) is 1.45. The van der Waals surface area contributed by atoms with E-state index in [-0.39, 0.29) is 24.0 Å². The van der Waals surface area contributed by atoms with Gasteiger partial charge in [0.1, 0.15) is 10.8 Å². The number of ketones is 4. The Bertz CT molecular complexity index is 891. The Kier molecular flexibility index (Phi) is 2.83. The van der Waals surface area contributed by atoms with E-state index in [1.807, 2.05) is 0 Å². The molecule has 0 saturated heterocycles. The Morgan fingerprint density at radius 2 is 1.42 bits per heavy atom. The Morgan fingerprint density at radius 1 is 0.875 bits per heavy atom. The second-order valence-corrected chi connectivity index (χ2v) is 6.33. The maximum atomic E-state index is 13.3. The lowest BCUT2D eigenvalue weighted by atomic mass is 9.45. The minimum atomic E-state index is -1.73. The fourth-order valence-corrected chi connectivity index (χ4v) is 4.25. The van der Waals surface area contributed by atoms with Gasteiger partial charge in [-0.15, -0.1) is 0 Å². The highest BCUT2D eigenvalue weighted by atomic mass is 16.5. The number of rotatable bonds is 1. The number of hydrogen-bond donors (Lipinski definition) is 0. The molecule has 0 heterocycles. The van der Waals surface area contributed by atoms with Gasteiger partial charge in [-0.3, -0.25) is 19.2 Å². The second kappa shape index (κ2) is 4.60. The van der Waals surface area contributed by atoms with E-state index in [0.29, 0.717) is 5.76 Å². The van der Waals surface area contributed by atoms with Gasteiger partial charge in [-0.05, 0) is 24.6 Å². The minimum absolute atomic E-state index is 0.00993. The molecule has 3 aliphatic rings. The quantitative estimate of drug-likeness (QED) is 0.740. The summed E-state index contributed by atoms with van der Waals surface area (Å²) in [6, 6.07) is 6.38. The third-order valence-corrected chi connectivity index (χ3v) is 5.48. The summed E-state index contributed by atoms with van der Waals surface area (Å²) >= 11 is 0. The van der Waals surface area contributed by atoms with Crippen molar-refractivity contribution in [2.45, 2.75) is 12.8 Å². The van der Waals surface area contributed by atoms with Gasteiger partial charge in [-0.25, -0.2) is 0 Å². The van der Waals surface area contributed by atoms with Gasteiger partial charge in [0.2, 0.25) is 0 Å². The van der Waals surface area contributed by atoms with E-state index >= 15 is 0 Å². The number of benzene rings is 1. The summed E-state index contributed by atoms with van der Waals surface area (Å²) in [5.74, 6) is -1.46. The SMILES string of the molecule is COC1=CCC23C(=O)C=CC(=O)C2(C1)C(=O)c1ccccc1C3=O. The molecule has 0 N–H and O–H groups in total. The summed E-state index contributed by atoms with van der Waals surface area (Å²) in [4.78, 5) is 52.3. The third-order valence-electron chi connectivity index (χ3n) is 5.48. The molecule has 1 aromatic rings. The highest BCUT2D eigenvalue weighted by Gasteiger charge is 2.72. The summed E-state index contributed by atoms with van der Waals surface area (Å²) in [5, 5.41) is 0. The van der Waals surface area contributed by atoms with Crippen LogP contribution in [0.1, 0.15) is 33.6 Å². The van der Waals surface area contributed by atoms with Crippen LogP contribution in [0.3, 0.4) is 0 Å². The van der Waals surface area contributed by atoms with Gasteiger partial charge in [0.25, 0.3) is 0 Å². The van der Waals surface area contributed by atoms with Gasteiger partial charge in [-0.1, -0.05) is 24.3 Å². The van der Waals surface area contributed by atoms with E-state index in [1.54, 1.807) is 24.3 Å². The third kappa shape index (κ3) is 1.40. The van der Waals surface area contributed by atoms with E-state index in [2.05, 4.69) is 0 Å². The molecule has 2 unspecified atom stereocenters. The Morgan fingerprint density at radius 3 is 2.00 bits per heavy atom. The molecule has 0 bridgehead atoms. The summed E-state index contributed by atoms with van der Waals surface area (Å²) in [6.07, 6.45) is 3.81. The number of allylic oxidation sites excluding steroid dienone is 4. The first kappa shape index (κ1) is 14.8. The number of hydrogen-bond acceptors (Lipinski definition) is 5. The maximum absolute atomic E-state index is 13.3. The van der Waals surface area contributed by atoms with Crippen molar-refractivity contribution in [3.8, 4) is 0 Å². The monoisotopic (exact) mass is 322 g/mol. The zero-order chi connectivity index (χ0) is 17.1. The van der Waals surface area contributed by atoms with Crippen molar-refractivity contribution >= 4 is 23.1 Å². The molecule has 5 heteroatoms. The van der Waals surface area contributed by atoms with Gasteiger partial charge in [0.15, 0.2) is 23.1 Å². The molecule has 2 atom stereocenters. The molecule has 120 valence electrons. The maximum Gasteiger partial charge on any atom is 0.179 e. The van der Waals surface area contributed by atoms with Crippen LogP contribution in [-0.2, 0) is 14.3 Å². The molecular formula is C19H14O5. The standard InChI is InChI=1S/C19H14O5/c1-24-11-8-9-18-14(20)6-7-15(21)19(18,10-11)17(23)13-5-3-2-4-12(13)16(18)22/h2-8H,9-10H2,1H3.